The average Bonchev–Trinajstić information content (AvgIpc) is 2.56. The van der Waals surface area contributed by atoms with Crippen molar-refractivity contribution < 1.29 is 9.53 Å². The zero-order valence-electron chi connectivity index (χ0n) is 12.8. The lowest BCUT2D eigenvalue weighted by atomic mass is 10.3. The molecule has 0 atom stereocenters. The lowest BCUT2D eigenvalue weighted by Crippen LogP contribution is -2.45. The molecule has 3 N–H and O–H groups in total. The molecule has 126 valence electrons. The third-order valence-corrected chi connectivity index (χ3v) is 4.35. The number of hydrogen-bond acceptors (Lipinski definition) is 4. The Morgan fingerprint density at radius 3 is 2.74 bits per heavy atom. The number of thiocarbonyl (C=S) groups is 1. The molecule has 1 aliphatic heterocycles. The van der Waals surface area contributed by atoms with Crippen LogP contribution in [0.15, 0.2) is 28.7 Å². The van der Waals surface area contributed by atoms with E-state index in [0.29, 0.717) is 5.11 Å². The number of carbonyl (C=O) groups excluding carboxylic acids is 1. The predicted molar refractivity (Wildman–Crippen MR) is 98.6 cm³/mol. The van der Waals surface area contributed by atoms with E-state index >= 15 is 0 Å². The van der Waals surface area contributed by atoms with Crippen molar-refractivity contribution in [2.24, 2.45) is 0 Å². The summed E-state index contributed by atoms with van der Waals surface area (Å²) in [5.74, 6) is -0.144. The van der Waals surface area contributed by atoms with E-state index in [-0.39, 0.29) is 12.5 Å². The average molecular weight is 401 g/mol. The van der Waals surface area contributed by atoms with Crippen molar-refractivity contribution in [2.75, 3.05) is 51.3 Å². The molecule has 0 radical (unpaired) electrons. The van der Waals surface area contributed by atoms with Gasteiger partial charge in [0.2, 0.25) is 5.91 Å². The summed E-state index contributed by atoms with van der Waals surface area (Å²) < 4.78 is 6.15. The fraction of sp³-hybridized carbons (Fsp3) is 0.467. The Kier molecular flexibility index (Phi) is 7.73. The van der Waals surface area contributed by atoms with Crippen LogP contribution in [-0.2, 0) is 9.53 Å². The minimum absolute atomic E-state index is 0.130. The largest absolute Gasteiger partial charge is 0.379 e. The smallest absolute Gasteiger partial charge is 0.243 e. The first kappa shape index (κ1) is 18.1. The van der Waals surface area contributed by atoms with Gasteiger partial charge in [0.25, 0.3) is 0 Å². The molecule has 1 fully saturated rings. The van der Waals surface area contributed by atoms with E-state index in [1.54, 1.807) is 0 Å². The summed E-state index contributed by atoms with van der Waals surface area (Å²) >= 11 is 8.56. The molecule has 0 aromatic heterocycles. The summed E-state index contributed by atoms with van der Waals surface area (Å²) in [5.41, 5.74) is 0.741. The van der Waals surface area contributed by atoms with Gasteiger partial charge in [0, 0.05) is 30.7 Å². The first-order valence-electron chi connectivity index (χ1n) is 7.51. The number of carbonyl (C=O) groups is 1. The van der Waals surface area contributed by atoms with Gasteiger partial charge in [0.15, 0.2) is 5.11 Å². The molecule has 23 heavy (non-hydrogen) atoms. The molecule has 0 spiro atoms. The van der Waals surface area contributed by atoms with Crippen LogP contribution in [0.25, 0.3) is 0 Å². The van der Waals surface area contributed by atoms with Crippen molar-refractivity contribution >= 4 is 44.9 Å². The third-order valence-electron chi connectivity index (χ3n) is 3.37. The van der Waals surface area contributed by atoms with Gasteiger partial charge in [-0.2, -0.15) is 0 Å². The molecule has 1 heterocycles. The van der Waals surface area contributed by atoms with Crippen molar-refractivity contribution in [2.45, 2.75) is 0 Å². The van der Waals surface area contributed by atoms with Crippen molar-refractivity contribution in [1.82, 2.24) is 15.5 Å². The van der Waals surface area contributed by atoms with Crippen LogP contribution in [0.4, 0.5) is 5.69 Å². The van der Waals surface area contributed by atoms with Gasteiger partial charge >= 0.3 is 0 Å². The van der Waals surface area contributed by atoms with Crippen molar-refractivity contribution in [1.29, 1.82) is 0 Å². The topological polar surface area (TPSA) is 65.6 Å². The first-order chi connectivity index (χ1) is 11.1. The molecule has 1 aromatic carbocycles. The molecule has 1 saturated heterocycles. The Hall–Kier alpha value is -1.22. The fourth-order valence-electron chi connectivity index (χ4n) is 2.13. The molecular formula is C15H21BrN4O2S. The van der Waals surface area contributed by atoms with Crippen LogP contribution >= 0.6 is 28.1 Å². The normalized spacial score (nSPS) is 15.0. The van der Waals surface area contributed by atoms with Gasteiger partial charge in [0.05, 0.1) is 25.4 Å². The van der Waals surface area contributed by atoms with Crippen molar-refractivity contribution in [3.05, 3.63) is 28.7 Å². The number of anilines is 1. The Bertz CT molecular complexity index is 538. The van der Waals surface area contributed by atoms with Crippen LogP contribution in [0.5, 0.6) is 0 Å². The number of halogens is 1. The van der Waals surface area contributed by atoms with E-state index in [1.165, 1.54) is 0 Å². The molecule has 1 amide bonds. The van der Waals surface area contributed by atoms with Crippen molar-refractivity contribution in [3.8, 4) is 0 Å². The fourth-order valence-corrected chi connectivity index (χ4v) is 2.69. The minimum Gasteiger partial charge on any atom is -0.379 e. The number of amides is 1. The molecular weight excluding hydrogens is 380 g/mol. The van der Waals surface area contributed by atoms with Crippen LogP contribution in [0, 0.1) is 0 Å². The number of ether oxygens (including phenoxy) is 1. The van der Waals surface area contributed by atoms with Gasteiger partial charge < -0.3 is 20.7 Å². The summed E-state index contributed by atoms with van der Waals surface area (Å²) in [5, 5.41) is 9.32. The lowest BCUT2D eigenvalue weighted by Gasteiger charge is -2.26. The van der Waals surface area contributed by atoms with Gasteiger partial charge in [-0.3, -0.25) is 9.69 Å². The van der Waals surface area contributed by atoms with Gasteiger partial charge in [-0.1, -0.05) is 12.1 Å². The second-order valence-electron chi connectivity index (χ2n) is 5.09. The maximum Gasteiger partial charge on any atom is 0.243 e. The highest BCUT2D eigenvalue weighted by molar-refractivity contribution is 9.10. The molecule has 1 aromatic rings. The van der Waals surface area contributed by atoms with Crippen LogP contribution in [0.1, 0.15) is 0 Å². The number of hydrogen-bond donors (Lipinski definition) is 3. The molecule has 8 heteroatoms. The van der Waals surface area contributed by atoms with Crippen LogP contribution in [0.3, 0.4) is 0 Å². The second-order valence-corrected chi connectivity index (χ2v) is 6.35. The number of morpholine rings is 1. The van der Waals surface area contributed by atoms with Crippen LogP contribution in [0.2, 0.25) is 0 Å². The van der Waals surface area contributed by atoms with E-state index in [0.717, 1.165) is 49.6 Å². The van der Waals surface area contributed by atoms with E-state index in [9.17, 15) is 4.79 Å². The molecule has 2 rings (SSSR count). The summed E-state index contributed by atoms with van der Waals surface area (Å²) in [6, 6.07) is 7.47. The highest BCUT2D eigenvalue weighted by atomic mass is 79.9. The summed E-state index contributed by atoms with van der Waals surface area (Å²) in [4.78, 5) is 14.2. The summed E-state index contributed by atoms with van der Waals surface area (Å²) in [7, 11) is 0. The quantitative estimate of drug-likeness (QED) is 0.623. The number of rotatable bonds is 6. The SMILES string of the molecule is O=C(CNC(=S)NCCN1CCOCC1)Nc1ccccc1Br. The van der Waals surface area contributed by atoms with Crippen molar-refractivity contribution in [3.63, 3.8) is 0 Å². The van der Waals surface area contributed by atoms with Gasteiger partial charge in [-0.25, -0.2) is 0 Å². The number of benzene rings is 1. The maximum absolute atomic E-state index is 11.9. The Labute approximate surface area is 150 Å². The lowest BCUT2D eigenvalue weighted by molar-refractivity contribution is -0.115. The minimum atomic E-state index is -0.144. The Morgan fingerprint density at radius 1 is 1.26 bits per heavy atom. The monoisotopic (exact) mass is 400 g/mol. The summed E-state index contributed by atoms with van der Waals surface area (Å²) in [6.45, 7) is 5.28. The van der Waals surface area contributed by atoms with Gasteiger partial charge in [-0.15, -0.1) is 0 Å². The Morgan fingerprint density at radius 2 is 2.00 bits per heavy atom. The van der Waals surface area contributed by atoms with E-state index in [2.05, 4.69) is 36.8 Å². The van der Waals surface area contributed by atoms with Crippen LogP contribution in [-0.4, -0.2) is 61.9 Å². The zero-order chi connectivity index (χ0) is 16.5. The standard InChI is InChI=1S/C15H21BrN4O2S/c16-12-3-1-2-4-13(12)19-14(21)11-18-15(23)17-5-6-20-7-9-22-10-8-20/h1-4H,5-11H2,(H,19,21)(H2,17,18,23). The molecule has 0 unspecified atom stereocenters. The molecule has 0 bridgehead atoms. The molecule has 6 nitrogen and oxygen atoms in total. The highest BCUT2D eigenvalue weighted by Gasteiger charge is 2.10. The van der Waals surface area contributed by atoms with Crippen LogP contribution < -0.4 is 16.0 Å². The second kappa shape index (κ2) is 9.82. The van der Waals surface area contributed by atoms with E-state index in [4.69, 9.17) is 17.0 Å². The number of nitrogens with one attached hydrogen (secondary N) is 3. The van der Waals surface area contributed by atoms with E-state index in [1.807, 2.05) is 24.3 Å². The Balaban J connectivity index is 1.60. The molecule has 0 saturated carbocycles. The summed E-state index contributed by atoms with van der Waals surface area (Å²) in [6.07, 6.45) is 0. The molecule has 1 aliphatic rings. The maximum atomic E-state index is 11.9. The number of para-hydroxylation sites is 1. The number of nitrogens with zero attached hydrogens (tertiary/aromatic N) is 1. The first-order valence-corrected chi connectivity index (χ1v) is 8.71. The van der Waals surface area contributed by atoms with Gasteiger partial charge in [0.1, 0.15) is 0 Å². The molecule has 0 aliphatic carbocycles. The zero-order valence-corrected chi connectivity index (χ0v) is 15.2. The van der Waals surface area contributed by atoms with E-state index < -0.39 is 0 Å². The van der Waals surface area contributed by atoms with Gasteiger partial charge in [-0.05, 0) is 40.3 Å². The highest BCUT2D eigenvalue weighted by Crippen LogP contribution is 2.20. The predicted octanol–water partition coefficient (Wildman–Crippen LogP) is 1.18. The third kappa shape index (κ3) is 6.82.